The number of aromatic nitrogens is 8. The number of ether oxygens (including phenoxy) is 1. The fourth-order valence-corrected chi connectivity index (χ4v) is 9.39. The van der Waals surface area contributed by atoms with E-state index in [2.05, 4.69) is 67.7 Å². The molecule has 0 bridgehead atoms. The minimum absolute atomic E-state index is 0.437. The maximum Gasteiger partial charge on any atom is 0.128 e. The van der Waals surface area contributed by atoms with Gasteiger partial charge in [-0.1, -0.05) is 29.6 Å². The summed E-state index contributed by atoms with van der Waals surface area (Å²) < 4.78 is 9.05. The summed E-state index contributed by atoms with van der Waals surface area (Å²) in [5, 5.41) is 35.0. The first kappa shape index (κ1) is 37.5. The van der Waals surface area contributed by atoms with E-state index in [0.717, 1.165) is 88.0 Å². The lowest BCUT2D eigenvalue weighted by molar-refractivity contribution is 0.122. The van der Waals surface area contributed by atoms with Crippen LogP contribution in [0.5, 0.6) is 0 Å². The van der Waals surface area contributed by atoms with Gasteiger partial charge in [0, 0.05) is 114 Å². The number of anilines is 2. The molecule has 2 saturated heterocycles. The van der Waals surface area contributed by atoms with Crippen LogP contribution in [0.2, 0.25) is 0 Å². The Labute approximate surface area is 353 Å². The van der Waals surface area contributed by atoms with Gasteiger partial charge in [-0.3, -0.25) is 0 Å². The van der Waals surface area contributed by atoms with Gasteiger partial charge in [0.15, 0.2) is 0 Å². The van der Waals surface area contributed by atoms with Crippen LogP contribution in [0.25, 0.3) is 44.5 Å². The molecule has 294 valence electrons. The van der Waals surface area contributed by atoms with Crippen molar-refractivity contribution in [3.8, 4) is 45.6 Å². The van der Waals surface area contributed by atoms with Crippen molar-refractivity contribution < 1.29 is 4.74 Å². The smallest absolute Gasteiger partial charge is 0.128 e. The Kier molecular flexibility index (Phi) is 10.3. The molecule has 0 aromatic carbocycles. The normalized spacial score (nSPS) is 14.4. The van der Waals surface area contributed by atoms with E-state index in [0.29, 0.717) is 51.7 Å². The monoisotopic (exact) mass is 825 g/mol. The molecule has 8 aromatic rings. The van der Waals surface area contributed by atoms with Crippen LogP contribution in [0, 0.1) is 22.7 Å². The summed E-state index contributed by atoms with van der Waals surface area (Å²) in [5.74, 6) is 1.86. The first-order valence-corrected chi connectivity index (χ1v) is 21.1. The van der Waals surface area contributed by atoms with Crippen LogP contribution in [0.4, 0.5) is 11.6 Å². The van der Waals surface area contributed by atoms with Gasteiger partial charge in [-0.25, -0.2) is 29.0 Å². The quantitative estimate of drug-likeness (QED) is 0.161. The maximum atomic E-state index is 10.7. The van der Waals surface area contributed by atoms with Crippen molar-refractivity contribution in [3.05, 3.63) is 121 Å². The number of hydrogen-bond donors (Lipinski definition) is 1. The van der Waals surface area contributed by atoms with Gasteiger partial charge in [0.25, 0.3) is 0 Å². The number of morpholine rings is 1. The maximum absolute atomic E-state index is 10.7. The van der Waals surface area contributed by atoms with E-state index in [1.807, 2.05) is 61.2 Å². The lowest BCUT2D eigenvalue weighted by Crippen LogP contribution is -2.43. The summed E-state index contributed by atoms with van der Waals surface area (Å²) in [6, 6.07) is 26.7. The van der Waals surface area contributed by atoms with E-state index in [4.69, 9.17) is 24.8 Å². The van der Waals surface area contributed by atoms with Gasteiger partial charge in [0.1, 0.15) is 45.1 Å². The Bertz CT molecular complexity index is 2910. The van der Waals surface area contributed by atoms with E-state index in [9.17, 15) is 10.5 Å². The summed E-state index contributed by atoms with van der Waals surface area (Å²) in [5.41, 5.74) is 7.20. The largest absolute Gasteiger partial charge is 0.378 e. The zero-order valence-electron chi connectivity index (χ0n) is 32.1. The molecule has 10 heterocycles. The van der Waals surface area contributed by atoms with E-state index in [-0.39, 0.29) is 0 Å². The number of fused-ring (bicyclic) bond motifs is 2. The Morgan fingerprint density at radius 1 is 0.617 bits per heavy atom. The second kappa shape index (κ2) is 16.4. The third-order valence-corrected chi connectivity index (χ3v) is 12.5. The van der Waals surface area contributed by atoms with Gasteiger partial charge < -0.3 is 19.9 Å². The first-order chi connectivity index (χ1) is 29.6. The average molecular weight is 826 g/mol. The molecule has 0 spiro atoms. The molecule has 2 fully saturated rings. The number of pyridine rings is 6. The molecule has 0 radical (unpaired) electrons. The summed E-state index contributed by atoms with van der Waals surface area (Å²) in [6.45, 7) is 6.69. The van der Waals surface area contributed by atoms with E-state index in [1.54, 1.807) is 27.6 Å². The van der Waals surface area contributed by atoms with Crippen LogP contribution in [-0.4, -0.2) is 91.6 Å². The van der Waals surface area contributed by atoms with Crippen LogP contribution in [0.15, 0.2) is 130 Å². The van der Waals surface area contributed by atoms with Crippen molar-refractivity contribution in [1.29, 1.82) is 10.5 Å². The second-order valence-corrected chi connectivity index (χ2v) is 16.3. The molecule has 0 saturated carbocycles. The van der Waals surface area contributed by atoms with Crippen molar-refractivity contribution in [2.24, 2.45) is 0 Å². The molecule has 14 nitrogen and oxygen atoms in total. The SMILES string of the molecule is N#Cc1cnn2cc(-c3ccc(N4CCNCC4)nc3)cc(Sc3ccc(-c4nn5cc(-c6ccc(N7CCOCC7)nc6)cc(Sc6ccccn6)c5c4C#N)cn3)c12. The minimum atomic E-state index is 0.437. The molecular weight excluding hydrogens is 791 g/mol. The molecule has 2 aliphatic heterocycles. The summed E-state index contributed by atoms with van der Waals surface area (Å²) in [6.07, 6.45) is 12.7. The molecule has 8 aromatic heterocycles. The van der Waals surface area contributed by atoms with Crippen molar-refractivity contribution in [2.45, 2.75) is 19.8 Å². The topological polar surface area (TPSA) is 161 Å². The fraction of sp³-hybridized carbons (Fsp3) is 0.182. The predicted octanol–water partition coefficient (Wildman–Crippen LogP) is 6.85. The molecule has 1 N–H and O–H groups in total. The highest BCUT2D eigenvalue weighted by Crippen LogP contribution is 2.39. The van der Waals surface area contributed by atoms with Gasteiger partial charge >= 0.3 is 0 Å². The van der Waals surface area contributed by atoms with Gasteiger partial charge in [-0.15, -0.1) is 0 Å². The molecule has 60 heavy (non-hydrogen) atoms. The molecular formula is C44H35N13OS2. The highest BCUT2D eigenvalue weighted by atomic mass is 32.2. The second-order valence-electron chi connectivity index (χ2n) is 14.2. The number of piperazine rings is 1. The van der Waals surface area contributed by atoms with E-state index < -0.39 is 0 Å². The summed E-state index contributed by atoms with van der Waals surface area (Å²) in [7, 11) is 0. The van der Waals surface area contributed by atoms with Crippen molar-refractivity contribution in [3.63, 3.8) is 0 Å². The van der Waals surface area contributed by atoms with Crippen LogP contribution in [0.3, 0.4) is 0 Å². The van der Waals surface area contributed by atoms with Crippen LogP contribution < -0.4 is 15.1 Å². The van der Waals surface area contributed by atoms with Crippen molar-refractivity contribution in [1.82, 2.24) is 44.5 Å². The molecule has 16 heteroatoms. The number of nitrogens with one attached hydrogen (secondary N) is 1. The minimum Gasteiger partial charge on any atom is -0.378 e. The van der Waals surface area contributed by atoms with Crippen LogP contribution in [-0.2, 0) is 4.74 Å². The van der Waals surface area contributed by atoms with Crippen LogP contribution >= 0.6 is 23.5 Å². The molecule has 0 amide bonds. The van der Waals surface area contributed by atoms with E-state index >= 15 is 0 Å². The highest BCUT2D eigenvalue weighted by Gasteiger charge is 2.22. The van der Waals surface area contributed by atoms with Gasteiger partial charge in [0.05, 0.1) is 36.0 Å². The molecule has 2 aliphatic rings. The van der Waals surface area contributed by atoms with Gasteiger partial charge in [-0.2, -0.15) is 20.7 Å². The number of nitrogens with zero attached hydrogens (tertiary/aromatic N) is 12. The number of hydrogen-bond acceptors (Lipinski definition) is 14. The zero-order valence-corrected chi connectivity index (χ0v) is 33.8. The summed E-state index contributed by atoms with van der Waals surface area (Å²) >= 11 is 2.93. The molecule has 0 unspecified atom stereocenters. The Morgan fingerprint density at radius 2 is 1.27 bits per heavy atom. The summed E-state index contributed by atoms with van der Waals surface area (Å²) in [4.78, 5) is 25.1. The lowest BCUT2D eigenvalue weighted by Gasteiger charge is -2.28. The number of nitriles is 2. The molecule has 10 rings (SSSR count). The van der Waals surface area contributed by atoms with Crippen molar-refractivity contribution >= 4 is 46.2 Å². The first-order valence-electron chi connectivity index (χ1n) is 19.4. The number of rotatable bonds is 9. The zero-order chi connectivity index (χ0) is 40.4. The Balaban J connectivity index is 0.980. The highest BCUT2D eigenvalue weighted by molar-refractivity contribution is 7.99. The standard InChI is InChI=1S/C44H35N13OS2/c45-21-34-26-52-56-27-32(29-4-7-38(49-23-29)54-13-11-47-12-14-54)19-36(43(34)56)59-41-9-6-31(25-51-41)42-35(22-46)44-37(60-40-3-1-2-10-48-40)20-33(28-57(44)53-42)30-5-8-39(50-24-30)55-15-17-58-18-16-55/h1-10,19-20,23-28,47H,11-18H2. The average Bonchev–Trinajstić information content (AvgIpc) is 3.92. The Morgan fingerprint density at radius 3 is 1.88 bits per heavy atom. The third-order valence-electron chi connectivity index (χ3n) is 10.5. The predicted molar refractivity (Wildman–Crippen MR) is 230 cm³/mol. The molecule has 0 aliphatic carbocycles. The molecule has 0 atom stereocenters. The van der Waals surface area contributed by atoms with Crippen LogP contribution in [0.1, 0.15) is 11.1 Å². The van der Waals surface area contributed by atoms with E-state index in [1.165, 1.54) is 23.5 Å². The van der Waals surface area contributed by atoms with Crippen molar-refractivity contribution in [2.75, 3.05) is 62.3 Å². The Hall–Kier alpha value is -6.82. The van der Waals surface area contributed by atoms with Gasteiger partial charge in [-0.05, 0) is 60.7 Å². The lowest BCUT2D eigenvalue weighted by atomic mass is 10.1. The fourth-order valence-electron chi connectivity index (χ4n) is 7.48. The third kappa shape index (κ3) is 7.38. The van der Waals surface area contributed by atoms with Gasteiger partial charge in [0.2, 0.25) is 0 Å².